The summed E-state index contributed by atoms with van der Waals surface area (Å²) in [5.41, 5.74) is 1.10. The van der Waals surface area contributed by atoms with Crippen molar-refractivity contribution in [3.63, 3.8) is 0 Å². The molecule has 0 atom stereocenters. The highest BCUT2D eigenvalue weighted by molar-refractivity contribution is 6.29. The van der Waals surface area contributed by atoms with Crippen LogP contribution in [0.1, 0.15) is 44.9 Å². The number of aromatic nitrogens is 1. The minimum atomic E-state index is 0.336. The molecule has 1 aliphatic carbocycles. The number of carbonyl (C=O) groups excluding carboxylic acids is 1. The quantitative estimate of drug-likeness (QED) is 0.786. The van der Waals surface area contributed by atoms with E-state index in [0.29, 0.717) is 11.1 Å². The van der Waals surface area contributed by atoms with Crippen molar-refractivity contribution in [3.05, 3.63) is 23.5 Å². The van der Waals surface area contributed by atoms with Crippen LogP contribution in [0, 0.1) is 5.92 Å². The summed E-state index contributed by atoms with van der Waals surface area (Å²) in [5, 5.41) is 0.522. The number of anilines is 1. The molecule has 1 saturated carbocycles. The zero-order valence-corrected chi connectivity index (χ0v) is 14.5. The van der Waals surface area contributed by atoms with Crippen molar-refractivity contribution in [2.75, 3.05) is 31.1 Å². The highest BCUT2D eigenvalue weighted by atomic mass is 35.5. The van der Waals surface area contributed by atoms with Crippen molar-refractivity contribution in [2.24, 2.45) is 5.92 Å². The first-order valence-electron chi connectivity index (χ1n) is 8.86. The Morgan fingerprint density at radius 3 is 2.61 bits per heavy atom. The summed E-state index contributed by atoms with van der Waals surface area (Å²) < 4.78 is 0. The van der Waals surface area contributed by atoms with Gasteiger partial charge in [-0.1, -0.05) is 43.7 Å². The van der Waals surface area contributed by atoms with Gasteiger partial charge in [-0.2, -0.15) is 0 Å². The number of pyridine rings is 1. The molecular formula is C18H26ClN3O. The largest absolute Gasteiger partial charge is 0.368 e. The standard InChI is InChI=1S/C18H26ClN3O/c19-17-14-16(8-9-20-17)21-10-12-22(13-11-21)18(23)7-6-15-4-2-1-3-5-15/h8-9,14-15H,1-7,10-13H2. The first-order chi connectivity index (χ1) is 11.2. The second kappa shape index (κ2) is 8.00. The van der Waals surface area contributed by atoms with Crippen LogP contribution in [0.4, 0.5) is 5.69 Å². The van der Waals surface area contributed by atoms with Crippen molar-refractivity contribution in [2.45, 2.75) is 44.9 Å². The SMILES string of the molecule is O=C(CCC1CCCCC1)N1CCN(c2ccnc(Cl)c2)CC1. The first kappa shape index (κ1) is 16.6. The molecule has 3 rings (SSSR count). The van der Waals surface area contributed by atoms with E-state index >= 15 is 0 Å². The third kappa shape index (κ3) is 4.60. The van der Waals surface area contributed by atoms with Crippen molar-refractivity contribution >= 4 is 23.2 Å². The molecule has 2 aliphatic rings. The van der Waals surface area contributed by atoms with E-state index in [4.69, 9.17) is 11.6 Å². The number of halogens is 1. The van der Waals surface area contributed by atoms with E-state index in [9.17, 15) is 4.79 Å². The Hall–Kier alpha value is -1.29. The molecular weight excluding hydrogens is 310 g/mol. The van der Waals surface area contributed by atoms with E-state index in [1.54, 1.807) is 6.20 Å². The van der Waals surface area contributed by atoms with Crippen molar-refractivity contribution < 1.29 is 4.79 Å². The van der Waals surface area contributed by atoms with Gasteiger partial charge in [0.25, 0.3) is 0 Å². The van der Waals surface area contributed by atoms with E-state index in [2.05, 4.69) is 9.88 Å². The van der Waals surface area contributed by atoms with Crippen LogP contribution in [0.2, 0.25) is 5.15 Å². The van der Waals surface area contributed by atoms with Crippen molar-refractivity contribution in [1.29, 1.82) is 0 Å². The molecule has 0 radical (unpaired) electrons. The van der Waals surface area contributed by atoms with Gasteiger partial charge in [0.05, 0.1) is 0 Å². The van der Waals surface area contributed by atoms with Gasteiger partial charge in [0, 0.05) is 44.5 Å². The number of carbonyl (C=O) groups is 1. The molecule has 5 heteroatoms. The number of rotatable bonds is 4. The number of amides is 1. The Balaban J connectivity index is 1.43. The zero-order chi connectivity index (χ0) is 16.1. The highest BCUT2D eigenvalue weighted by Gasteiger charge is 2.22. The first-order valence-corrected chi connectivity index (χ1v) is 9.24. The summed E-state index contributed by atoms with van der Waals surface area (Å²) in [6.45, 7) is 3.36. The molecule has 4 nitrogen and oxygen atoms in total. The third-order valence-corrected chi connectivity index (χ3v) is 5.41. The molecule has 1 aromatic rings. The maximum atomic E-state index is 12.4. The predicted molar refractivity (Wildman–Crippen MR) is 93.8 cm³/mol. The third-order valence-electron chi connectivity index (χ3n) is 5.20. The smallest absolute Gasteiger partial charge is 0.222 e. The Labute approximate surface area is 143 Å². The van der Waals surface area contributed by atoms with Crippen LogP contribution in [-0.4, -0.2) is 42.0 Å². The Morgan fingerprint density at radius 2 is 1.91 bits per heavy atom. The van der Waals surface area contributed by atoms with Gasteiger partial charge in [-0.15, -0.1) is 0 Å². The summed E-state index contributed by atoms with van der Waals surface area (Å²) in [6.07, 6.45) is 10.3. The molecule has 0 spiro atoms. The molecule has 1 saturated heterocycles. The van der Waals surface area contributed by atoms with Gasteiger partial charge in [-0.25, -0.2) is 4.98 Å². The van der Waals surface area contributed by atoms with Gasteiger partial charge in [0.15, 0.2) is 0 Å². The number of piperazine rings is 1. The lowest BCUT2D eigenvalue weighted by atomic mass is 9.86. The van der Waals surface area contributed by atoms with E-state index in [1.165, 1.54) is 32.1 Å². The van der Waals surface area contributed by atoms with Crippen LogP contribution >= 0.6 is 11.6 Å². The topological polar surface area (TPSA) is 36.4 Å². The average Bonchev–Trinajstić information content (AvgIpc) is 2.61. The van der Waals surface area contributed by atoms with Crippen LogP contribution in [0.25, 0.3) is 0 Å². The molecule has 0 unspecified atom stereocenters. The predicted octanol–water partition coefficient (Wildman–Crippen LogP) is 3.74. The zero-order valence-electron chi connectivity index (χ0n) is 13.7. The minimum absolute atomic E-state index is 0.336. The fourth-order valence-electron chi connectivity index (χ4n) is 3.76. The van der Waals surface area contributed by atoms with Gasteiger partial charge in [0.1, 0.15) is 5.15 Å². The van der Waals surface area contributed by atoms with Crippen LogP contribution in [0.5, 0.6) is 0 Å². The van der Waals surface area contributed by atoms with Crippen LogP contribution in [0.3, 0.4) is 0 Å². The molecule has 1 aromatic heterocycles. The van der Waals surface area contributed by atoms with E-state index in [1.807, 2.05) is 17.0 Å². The van der Waals surface area contributed by atoms with Gasteiger partial charge in [-0.3, -0.25) is 4.79 Å². The van der Waals surface area contributed by atoms with E-state index < -0.39 is 0 Å². The Kier molecular flexibility index (Phi) is 5.76. The normalized spacial score (nSPS) is 19.9. The van der Waals surface area contributed by atoms with Crippen LogP contribution in [-0.2, 0) is 4.79 Å². The molecule has 126 valence electrons. The molecule has 0 N–H and O–H groups in total. The van der Waals surface area contributed by atoms with Crippen molar-refractivity contribution in [3.8, 4) is 0 Å². The average molecular weight is 336 g/mol. The molecule has 2 fully saturated rings. The van der Waals surface area contributed by atoms with Crippen LogP contribution in [0.15, 0.2) is 18.3 Å². The summed E-state index contributed by atoms with van der Waals surface area (Å²) in [7, 11) is 0. The minimum Gasteiger partial charge on any atom is -0.368 e. The summed E-state index contributed by atoms with van der Waals surface area (Å²) in [6, 6.07) is 3.87. The Bertz CT molecular complexity index is 523. The molecule has 2 heterocycles. The highest BCUT2D eigenvalue weighted by Crippen LogP contribution is 2.27. The van der Waals surface area contributed by atoms with E-state index in [0.717, 1.165) is 50.6 Å². The number of hydrogen-bond donors (Lipinski definition) is 0. The maximum absolute atomic E-state index is 12.4. The molecule has 0 bridgehead atoms. The summed E-state index contributed by atoms with van der Waals surface area (Å²) in [5.74, 6) is 1.12. The molecule has 23 heavy (non-hydrogen) atoms. The number of hydrogen-bond acceptors (Lipinski definition) is 3. The molecule has 1 aliphatic heterocycles. The molecule has 1 amide bonds. The van der Waals surface area contributed by atoms with Gasteiger partial charge >= 0.3 is 0 Å². The van der Waals surface area contributed by atoms with Gasteiger partial charge in [0.2, 0.25) is 5.91 Å². The fourth-order valence-corrected chi connectivity index (χ4v) is 3.93. The van der Waals surface area contributed by atoms with E-state index in [-0.39, 0.29) is 0 Å². The van der Waals surface area contributed by atoms with Gasteiger partial charge in [-0.05, 0) is 24.5 Å². The second-order valence-electron chi connectivity index (χ2n) is 6.75. The maximum Gasteiger partial charge on any atom is 0.222 e. The lowest BCUT2D eigenvalue weighted by molar-refractivity contribution is -0.131. The summed E-state index contributed by atoms with van der Waals surface area (Å²) >= 11 is 5.96. The Morgan fingerprint density at radius 1 is 1.17 bits per heavy atom. The lowest BCUT2D eigenvalue weighted by Crippen LogP contribution is -2.48. The van der Waals surface area contributed by atoms with Crippen molar-refractivity contribution in [1.82, 2.24) is 9.88 Å². The monoisotopic (exact) mass is 335 g/mol. The van der Waals surface area contributed by atoms with Gasteiger partial charge < -0.3 is 9.80 Å². The molecule has 0 aromatic carbocycles. The summed E-state index contributed by atoms with van der Waals surface area (Å²) in [4.78, 5) is 20.7. The number of nitrogens with zero attached hydrogens (tertiary/aromatic N) is 3. The second-order valence-corrected chi connectivity index (χ2v) is 7.13. The lowest BCUT2D eigenvalue weighted by Gasteiger charge is -2.36. The van der Waals surface area contributed by atoms with Crippen LogP contribution < -0.4 is 4.90 Å². The fraction of sp³-hybridized carbons (Fsp3) is 0.667.